The number of nitrogens with zero attached hydrogens (tertiary/aromatic N) is 2. The molecule has 0 saturated heterocycles. The number of aromatic nitrogens is 1. The molecule has 1 atom stereocenters. The fourth-order valence-electron chi connectivity index (χ4n) is 4.35. The number of rotatable bonds is 5. The Kier molecular flexibility index (Phi) is 5.38. The lowest BCUT2D eigenvalue weighted by Crippen LogP contribution is -2.33. The molecule has 2 aromatic rings. The molecule has 1 N–H and O–H groups in total. The molecule has 29 heavy (non-hydrogen) atoms. The van der Waals surface area contributed by atoms with E-state index in [4.69, 9.17) is 4.74 Å². The zero-order valence-corrected chi connectivity index (χ0v) is 17.1. The zero-order valence-electron chi connectivity index (χ0n) is 17.1. The molecule has 1 aliphatic heterocycles. The molecule has 0 spiro atoms. The molecule has 1 aromatic heterocycles. The molecule has 2 heterocycles. The summed E-state index contributed by atoms with van der Waals surface area (Å²) in [5, 5.41) is 12.5. The van der Waals surface area contributed by atoms with Crippen molar-refractivity contribution in [3.63, 3.8) is 0 Å². The van der Waals surface area contributed by atoms with Crippen molar-refractivity contribution in [2.45, 2.75) is 57.6 Å². The number of nitrogens with one attached hydrogen (secondary N) is 1. The second-order valence-electron chi connectivity index (χ2n) is 8.51. The van der Waals surface area contributed by atoms with Crippen molar-refractivity contribution in [2.24, 2.45) is 5.92 Å². The average molecular weight is 389 g/mol. The van der Waals surface area contributed by atoms with Crippen LogP contribution in [0.25, 0.3) is 0 Å². The van der Waals surface area contributed by atoms with E-state index in [1.54, 1.807) is 6.07 Å². The van der Waals surface area contributed by atoms with Crippen molar-refractivity contribution in [2.75, 3.05) is 6.61 Å². The SMILES string of the molecule is CCC1CC(c2ccnc(CNC(=O)c3ccc4c(c3)[C@](C)(C#N)COC4)c2)C1. The number of nitriles is 1. The Labute approximate surface area is 172 Å². The van der Waals surface area contributed by atoms with Gasteiger partial charge in [0.25, 0.3) is 5.91 Å². The van der Waals surface area contributed by atoms with Crippen LogP contribution >= 0.6 is 0 Å². The third-order valence-corrected chi connectivity index (χ3v) is 6.42. The van der Waals surface area contributed by atoms with Crippen molar-refractivity contribution in [1.82, 2.24) is 10.3 Å². The van der Waals surface area contributed by atoms with E-state index in [9.17, 15) is 10.1 Å². The highest BCUT2D eigenvalue weighted by Crippen LogP contribution is 2.43. The first-order valence-electron chi connectivity index (χ1n) is 10.4. The summed E-state index contributed by atoms with van der Waals surface area (Å²) < 4.78 is 5.54. The van der Waals surface area contributed by atoms with Gasteiger partial charge in [0.2, 0.25) is 0 Å². The second kappa shape index (κ2) is 7.96. The van der Waals surface area contributed by atoms with Crippen molar-refractivity contribution in [3.8, 4) is 6.07 Å². The van der Waals surface area contributed by atoms with Crippen molar-refractivity contribution >= 4 is 5.91 Å². The van der Waals surface area contributed by atoms with Gasteiger partial charge in [0.05, 0.1) is 31.5 Å². The summed E-state index contributed by atoms with van der Waals surface area (Å²) in [6.07, 6.45) is 5.60. The van der Waals surface area contributed by atoms with E-state index >= 15 is 0 Å². The standard InChI is InChI=1S/C24H27N3O2/c1-3-16-8-20(9-16)17-6-7-26-21(10-17)12-27-23(28)18-4-5-19-13-29-15-24(2,14-25)22(19)11-18/h4-7,10-11,16,20H,3,8-9,12-13,15H2,1-2H3,(H,27,28)/t16?,20?,24-/m1/s1. The Bertz CT molecular complexity index is 959. The molecule has 2 aliphatic rings. The summed E-state index contributed by atoms with van der Waals surface area (Å²) in [6, 6.07) is 12.1. The number of amides is 1. The highest BCUT2D eigenvalue weighted by molar-refractivity contribution is 5.94. The van der Waals surface area contributed by atoms with Crippen LogP contribution in [0.15, 0.2) is 36.5 Å². The first-order chi connectivity index (χ1) is 14.0. The third kappa shape index (κ3) is 3.90. The Morgan fingerprint density at radius 1 is 1.34 bits per heavy atom. The van der Waals surface area contributed by atoms with Crippen LogP contribution in [0.3, 0.4) is 0 Å². The summed E-state index contributed by atoms with van der Waals surface area (Å²) >= 11 is 0. The molecule has 150 valence electrons. The first-order valence-corrected chi connectivity index (χ1v) is 10.4. The number of hydrogen-bond acceptors (Lipinski definition) is 4. The van der Waals surface area contributed by atoms with E-state index < -0.39 is 5.41 Å². The topological polar surface area (TPSA) is 75.0 Å². The van der Waals surface area contributed by atoms with Gasteiger partial charge in [-0.3, -0.25) is 9.78 Å². The van der Waals surface area contributed by atoms with Gasteiger partial charge in [-0.1, -0.05) is 19.4 Å². The number of ether oxygens (including phenoxy) is 1. The van der Waals surface area contributed by atoms with Crippen LogP contribution in [0.4, 0.5) is 0 Å². The van der Waals surface area contributed by atoms with Gasteiger partial charge in [0.1, 0.15) is 5.41 Å². The Hall–Kier alpha value is -2.71. The smallest absolute Gasteiger partial charge is 0.251 e. The predicted molar refractivity (Wildman–Crippen MR) is 110 cm³/mol. The summed E-state index contributed by atoms with van der Waals surface area (Å²) in [4.78, 5) is 17.1. The fourth-order valence-corrected chi connectivity index (χ4v) is 4.35. The molecule has 1 amide bonds. The molecule has 1 aliphatic carbocycles. The van der Waals surface area contributed by atoms with Crippen LogP contribution in [0.1, 0.15) is 71.8 Å². The van der Waals surface area contributed by atoms with Gasteiger partial charge in [0.15, 0.2) is 0 Å². The average Bonchev–Trinajstić information content (AvgIpc) is 2.72. The van der Waals surface area contributed by atoms with Gasteiger partial charge in [-0.2, -0.15) is 5.26 Å². The van der Waals surface area contributed by atoms with Crippen molar-refractivity contribution in [3.05, 3.63) is 64.5 Å². The quantitative estimate of drug-likeness (QED) is 0.830. The molecular weight excluding hydrogens is 362 g/mol. The number of fused-ring (bicyclic) bond motifs is 1. The number of carbonyl (C=O) groups is 1. The van der Waals surface area contributed by atoms with E-state index in [1.807, 2.05) is 25.3 Å². The maximum atomic E-state index is 12.7. The minimum atomic E-state index is -0.723. The van der Waals surface area contributed by atoms with Gasteiger partial charge in [0, 0.05) is 11.8 Å². The van der Waals surface area contributed by atoms with Crippen LogP contribution < -0.4 is 5.32 Å². The Balaban J connectivity index is 1.43. The van der Waals surface area contributed by atoms with Gasteiger partial charge in [-0.15, -0.1) is 0 Å². The van der Waals surface area contributed by atoms with E-state index in [0.717, 1.165) is 22.7 Å². The van der Waals surface area contributed by atoms with Crippen LogP contribution in [0.5, 0.6) is 0 Å². The van der Waals surface area contributed by atoms with Gasteiger partial charge in [-0.05, 0) is 72.6 Å². The molecule has 5 nitrogen and oxygen atoms in total. The second-order valence-corrected chi connectivity index (χ2v) is 8.51. The lowest BCUT2D eigenvalue weighted by Gasteiger charge is -2.35. The number of pyridine rings is 1. The molecule has 0 unspecified atom stereocenters. The normalized spacial score (nSPS) is 25.4. The van der Waals surface area contributed by atoms with Crippen LogP contribution in [0, 0.1) is 17.2 Å². The molecule has 4 rings (SSSR count). The van der Waals surface area contributed by atoms with Crippen LogP contribution in [-0.4, -0.2) is 17.5 Å². The van der Waals surface area contributed by atoms with Crippen LogP contribution in [0.2, 0.25) is 0 Å². The lowest BCUT2D eigenvalue weighted by atomic mass is 9.70. The van der Waals surface area contributed by atoms with Crippen molar-refractivity contribution in [1.29, 1.82) is 5.26 Å². The lowest BCUT2D eigenvalue weighted by molar-refractivity contribution is 0.0757. The van der Waals surface area contributed by atoms with Crippen LogP contribution in [-0.2, 0) is 23.3 Å². The molecule has 0 bridgehead atoms. The van der Waals surface area contributed by atoms with E-state index in [0.29, 0.717) is 31.2 Å². The first kappa shape index (κ1) is 19.6. The molecule has 1 fully saturated rings. The summed E-state index contributed by atoms with van der Waals surface area (Å²) in [5.41, 5.74) is 3.90. The Morgan fingerprint density at radius 2 is 2.17 bits per heavy atom. The summed E-state index contributed by atoms with van der Waals surface area (Å²) in [7, 11) is 0. The maximum Gasteiger partial charge on any atom is 0.251 e. The summed E-state index contributed by atoms with van der Waals surface area (Å²) in [6.45, 7) is 5.32. The van der Waals surface area contributed by atoms with Gasteiger partial charge < -0.3 is 10.1 Å². The largest absolute Gasteiger partial charge is 0.375 e. The summed E-state index contributed by atoms with van der Waals surface area (Å²) in [5.74, 6) is 1.33. The van der Waals surface area contributed by atoms with E-state index in [-0.39, 0.29) is 5.91 Å². The van der Waals surface area contributed by atoms with E-state index in [1.165, 1.54) is 24.8 Å². The maximum absolute atomic E-state index is 12.7. The Morgan fingerprint density at radius 3 is 2.93 bits per heavy atom. The zero-order chi connectivity index (χ0) is 20.4. The highest BCUT2D eigenvalue weighted by Gasteiger charge is 2.33. The molecule has 1 aromatic carbocycles. The predicted octanol–water partition coefficient (Wildman–Crippen LogP) is 4.23. The number of carbonyl (C=O) groups excluding carboxylic acids is 1. The monoisotopic (exact) mass is 389 g/mol. The third-order valence-electron chi connectivity index (χ3n) is 6.42. The fraction of sp³-hybridized carbons (Fsp3) is 0.458. The number of hydrogen-bond donors (Lipinski definition) is 1. The van der Waals surface area contributed by atoms with Crippen molar-refractivity contribution < 1.29 is 9.53 Å². The minimum Gasteiger partial charge on any atom is -0.375 e. The minimum absolute atomic E-state index is 0.151. The number of benzene rings is 1. The molecule has 1 saturated carbocycles. The molecule has 0 radical (unpaired) electrons. The van der Waals surface area contributed by atoms with Gasteiger partial charge >= 0.3 is 0 Å². The molecular formula is C24H27N3O2. The highest BCUT2D eigenvalue weighted by atomic mass is 16.5. The van der Waals surface area contributed by atoms with Gasteiger partial charge in [-0.25, -0.2) is 0 Å². The molecule has 5 heteroatoms. The van der Waals surface area contributed by atoms with E-state index in [2.05, 4.69) is 35.4 Å².